The average molecular weight is 417 g/mol. The summed E-state index contributed by atoms with van der Waals surface area (Å²) in [6, 6.07) is 8.92. The monoisotopic (exact) mass is 417 g/mol. The molecule has 0 fully saturated rings. The molecule has 8 nitrogen and oxygen atoms in total. The summed E-state index contributed by atoms with van der Waals surface area (Å²) < 4.78 is 21.8. The molecule has 0 saturated carbocycles. The van der Waals surface area contributed by atoms with Crippen LogP contribution in [0.25, 0.3) is 10.8 Å². The number of aromatic nitrogens is 2. The lowest BCUT2D eigenvalue weighted by molar-refractivity contribution is 0.0662. The van der Waals surface area contributed by atoms with Gasteiger partial charge in [0.15, 0.2) is 11.5 Å². The Hall–Kier alpha value is -2.91. The van der Waals surface area contributed by atoms with Crippen LogP contribution in [-0.4, -0.2) is 55.0 Å². The van der Waals surface area contributed by atoms with Gasteiger partial charge in [-0.15, -0.1) is 21.5 Å². The Morgan fingerprint density at radius 3 is 2.76 bits per heavy atom. The summed E-state index contributed by atoms with van der Waals surface area (Å²) in [5.41, 5.74) is 0.472. The van der Waals surface area contributed by atoms with E-state index in [4.69, 9.17) is 18.6 Å². The highest BCUT2D eigenvalue weighted by Crippen LogP contribution is 2.29. The van der Waals surface area contributed by atoms with Gasteiger partial charge in [0.05, 0.1) is 31.7 Å². The highest BCUT2D eigenvalue weighted by atomic mass is 32.1. The molecule has 3 aromatic rings. The van der Waals surface area contributed by atoms with E-state index in [-0.39, 0.29) is 12.5 Å². The Kier molecular flexibility index (Phi) is 7.20. The summed E-state index contributed by atoms with van der Waals surface area (Å²) in [5.74, 6) is 1.70. The van der Waals surface area contributed by atoms with Gasteiger partial charge in [-0.2, -0.15) is 0 Å². The van der Waals surface area contributed by atoms with E-state index >= 15 is 0 Å². The minimum absolute atomic E-state index is 0.177. The van der Waals surface area contributed by atoms with Gasteiger partial charge in [-0.05, 0) is 36.6 Å². The minimum Gasteiger partial charge on any atom is -0.493 e. The zero-order chi connectivity index (χ0) is 20.6. The maximum Gasteiger partial charge on any atom is 0.257 e. The number of hydrogen-bond acceptors (Lipinski definition) is 8. The molecule has 0 unspecified atom stereocenters. The van der Waals surface area contributed by atoms with Gasteiger partial charge in [-0.3, -0.25) is 4.79 Å². The molecular formula is C20H23N3O5S. The average Bonchev–Trinajstić information content (AvgIpc) is 3.43. The summed E-state index contributed by atoms with van der Waals surface area (Å²) in [6.07, 6.45) is 0. The van der Waals surface area contributed by atoms with Crippen LogP contribution >= 0.6 is 11.3 Å². The van der Waals surface area contributed by atoms with Crippen molar-refractivity contribution in [3.05, 3.63) is 47.2 Å². The Balaban J connectivity index is 1.80. The van der Waals surface area contributed by atoms with Crippen LogP contribution in [0.2, 0.25) is 0 Å². The number of hydrogen-bond donors (Lipinski definition) is 0. The molecule has 0 radical (unpaired) electrons. The van der Waals surface area contributed by atoms with Crippen LogP contribution in [0.15, 0.2) is 40.1 Å². The maximum absolute atomic E-state index is 13.1. The molecule has 0 atom stereocenters. The highest BCUT2D eigenvalue weighted by Gasteiger charge is 2.21. The number of methoxy groups -OCH3 is 2. The molecule has 1 amide bonds. The highest BCUT2D eigenvalue weighted by molar-refractivity contribution is 7.13. The molecule has 0 aliphatic rings. The molecule has 0 spiro atoms. The Morgan fingerprint density at radius 2 is 2.07 bits per heavy atom. The number of thiophene rings is 1. The molecule has 154 valence electrons. The van der Waals surface area contributed by atoms with Gasteiger partial charge in [0.1, 0.15) is 0 Å². The second-order valence-corrected chi connectivity index (χ2v) is 6.94. The lowest BCUT2D eigenvalue weighted by Crippen LogP contribution is -2.33. The number of amides is 1. The normalized spacial score (nSPS) is 10.7. The van der Waals surface area contributed by atoms with Crippen molar-refractivity contribution in [3.63, 3.8) is 0 Å². The predicted octanol–water partition coefficient (Wildman–Crippen LogP) is 3.49. The van der Waals surface area contributed by atoms with Crippen molar-refractivity contribution in [2.45, 2.75) is 13.5 Å². The van der Waals surface area contributed by atoms with Crippen LogP contribution < -0.4 is 9.47 Å². The third-order valence-electron chi connectivity index (χ3n) is 4.09. The maximum atomic E-state index is 13.1. The van der Waals surface area contributed by atoms with Gasteiger partial charge in [-0.1, -0.05) is 6.07 Å². The number of carbonyl (C=O) groups excluding carboxylic acids is 1. The van der Waals surface area contributed by atoms with Crippen LogP contribution in [0.3, 0.4) is 0 Å². The van der Waals surface area contributed by atoms with Gasteiger partial charge < -0.3 is 23.5 Å². The van der Waals surface area contributed by atoms with E-state index in [1.807, 2.05) is 24.4 Å². The Labute approximate surface area is 173 Å². The topological polar surface area (TPSA) is 86.9 Å². The molecule has 0 bridgehead atoms. The lowest BCUT2D eigenvalue weighted by Gasteiger charge is -2.21. The van der Waals surface area contributed by atoms with E-state index in [1.54, 1.807) is 37.3 Å². The molecule has 0 N–H and O–H groups in total. The van der Waals surface area contributed by atoms with Crippen molar-refractivity contribution in [2.24, 2.45) is 0 Å². The van der Waals surface area contributed by atoms with Crippen molar-refractivity contribution >= 4 is 17.2 Å². The van der Waals surface area contributed by atoms with E-state index in [0.717, 1.165) is 4.88 Å². The van der Waals surface area contributed by atoms with Gasteiger partial charge in [0.2, 0.25) is 5.89 Å². The fourth-order valence-corrected chi connectivity index (χ4v) is 3.34. The molecule has 3 rings (SSSR count). The van der Waals surface area contributed by atoms with Crippen molar-refractivity contribution in [1.29, 1.82) is 0 Å². The number of rotatable bonds is 10. The molecule has 29 heavy (non-hydrogen) atoms. The van der Waals surface area contributed by atoms with Gasteiger partial charge in [0.25, 0.3) is 11.8 Å². The van der Waals surface area contributed by atoms with Crippen molar-refractivity contribution in [1.82, 2.24) is 15.1 Å². The predicted molar refractivity (Wildman–Crippen MR) is 108 cm³/mol. The second-order valence-electron chi connectivity index (χ2n) is 6.00. The summed E-state index contributed by atoms with van der Waals surface area (Å²) in [7, 11) is 3.13. The van der Waals surface area contributed by atoms with Gasteiger partial charge >= 0.3 is 0 Å². The van der Waals surface area contributed by atoms with E-state index in [0.29, 0.717) is 48.6 Å². The van der Waals surface area contributed by atoms with Crippen LogP contribution in [0.5, 0.6) is 11.5 Å². The zero-order valence-electron chi connectivity index (χ0n) is 16.6. The summed E-state index contributed by atoms with van der Waals surface area (Å²) in [6.45, 7) is 3.33. The zero-order valence-corrected chi connectivity index (χ0v) is 17.4. The second kappa shape index (κ2) is 10.0. The number of benzene rings is 1. The van der Waals surface area contributed by atoms with E-state index in [1.165, 1.54) is 11.3 Å². The third-order valence-corrected chi connectivity index (χ3v) is 4.95. The van der Waals surface area contributed by atoms with Crippen LogP contribution in [0.1, 0.15) is 23.2 Å². The molecular weight excluding hydrogens is 394 g/mol. The molecule has 2 heterocycles. The first kappa shape index (κ1) is 20.8. The third kappa shape index (κ3) is 5.12. The molecule has 0 aliphatic carbocycles. The molecule has 9 heteroatoms. The number of nitrogens with zero attached hydrogens (tertiary/aromatic N) is 3. The van der Waals surface area contributed by atoms with Crippen molar-refractivity contribution in [2.75, 3.05) is 34.0 Å². The first-order chi connectivity index (χ1) is 14.2. The lowest BCUT2D eigenvalue weighted by atomic mass is 10.1. The number of ether oxygens (including phenoxy) is 3. The van der Waals surface area contributed by atoms with Gasteiger partial charge in [-0.25, -0.2) is 0 Å². The number of carbonyl (C=O) groups is 1. The van der Waals surface area contributed by atoms with Crippen molar-refractivity contribution in [3.8, 4) is 22.3 Å². The molecule has 2 aromatic heterocycles. The smallest absolute Gasteiger partial charge is 0.257 e. The standard InChI is InChI=1S/C20H23N3O5S/c1-4-27-15-8-7-14(12-16(15)26-3)20(24)23(9-10-25-2)13-18-21-22-19(28-18)17-6-5-11-29-17/h5-8,11-12H,4,9-10,13H2,1-3H3. The Bertz CT molecular complexity index is 926. The minimum atomic E-state index is -0.195. The quantitative estimate of drug-likeness (QED) is 0.499. The summed E-state index contributed by atoms with van der Waals surface area (Å²) in [4.78, 5) is 15.6. The van der Waals surface area contributed by atoms with E-state index < -0.39 is 0 Å². The largest absolute Gasteiger partial charge is 0.493 e. The molecule has 0 saturated heterocycles. The summed E-state index contributed by atoms with van der Waals surface area (Å²) >= 11 is 1.51. The van der Waals surface area contributed by atoms with E-state index in [9.17, 15) is 4.79 Å². The first-order valence-corrected chi connectivity index (χ1v) is 9.99. The van der Waals surface area contributed by atoms with Crippen LogP contribution in [-0.2, 0) is 11.3 Å². The fraction of sp³-hybridized carbons (Fsp3) is 0.350. The van der Waals surface area contributed by atoms with Gasteiger partial charge in [0, 0.05) is 19.2 Å². The first-order valence-electron chi connectivity index (χ1n) is 9.11. The summed E-state index contributed by atoms with van der Waals surface area (Å²) in [5, 5.41) is 10.1. The Morgan fingerprint density at radius 1 is 1.21 bits per heavy atom. The molecule has 0 aliphatic heterocycles. The molecule has 1 aromatic carbocycles. The van der Waals surface area contributed by atoms with Crippen LogP contribution in [0.4, 0.5) is 0 Å². The van der Waals surface area contributed by atoms with Crippen molar-refractivity contribution < 1.29 is 23.4 Å². The van der Waals surface area contributed by atoms with E-state index in [2.05, 4.69) is 10.2 Å². The van der Waals surface area contributed by atoms with Crippen LogP contribution in [0, 0.1) is 0 Å². The SMILES string of the molecule is CCOc1ccc(C(=O)N(CCOC)Cc2nnc(-c3cccs3)o2)cc1OC. The fourth-order valence-electron chi connectivity index (χ4n) is 2.69.